The molecule has 0 radical (unpaired) electrons. The molecule has 1 aliphatic heterocycles. The average molecular weight is 395 g/mol. The highest BCUT2D eigenvalue weighted by Crippen LogP contribution is 2.26. The molecule has 2 unspecified atom stereocenters. The molecule has 0 bridgehead atoms. The van der Waals surface area contributed by atoms with Crippen LogP contribution in [0.2, 0.25) is 0 Å². The fraction of sp³-hybridized carbons (Fsp3) is 0.417. The summed E-state index contributed by atoms with van der Waals surface area (Å²) in [5.74, 6) is -0.428. The van der Waals surface area contributed by atoms with Crippen LogP contribution in [-0.4, -0.2) is 36.0 Å². The molecule has 2 aromatic carbocycles. The summed E-state index contributed by atoms with van der Waals surface area (Å²) in [6.45, 7) is 5.33. The van der Waals surface area contributed by atoms with Crippen molar-refractivity contribution in [2.75, 3.05) is 13.2 Å². The summed E-state index contributed by atoms with van der Waals surface area (Å²) in [6.07, 6.45) is 2.03. The zero-order valence-electron chi connectivity index (χ0n) is 17.2. The summed E-state index contributed by atoms with van der Waals surface area (Å²) in [7, 11) is 0. The molecule has 0 spiro atoms. The van der Waals surface area contributed by atoms with Gasteiger partial charge in [-0.05, 0) is 24.0 Å². The highest BCUT2D eigenvalue weighted by molar-refractivity contribution is 5.89. The van der Waals surface area contributed by atoms with Crippen LogP contribution in [0.1, 0.15) is 43.9 Å². The molecule has 154 valence electrons. The molecule has 5 heteroatoms. The van der Waals surface area contributed by atoms with Gasteiger partial charge in [-0.2, -0.15) is 0 Å². The molecule has 1 heterocycles. The SMILES string of the molecule is CC(C)C(=O)N(Cc1ccccc1)C(C(=O)NCC1CCCO1)c1ccccc1. The second-order valence-corrected chi connectivity index (χ2v) is 7.80. The molecule has 5 nitrogen and oxygen atoms in total. The number of carbonyl (C=O) groups excluding carboxylic acids is 2. The standard InChI is InChI=1S/C24H30N2O3/c1-18(2)24(28)26(17-19-10-5-3-6-11-19)22(20-12-7-4-8-13-20)23(27)25-16-21-14-9-15-29-21/h3-8,10-13,18,21-22H,9,14-17H2,1-2H3,(H,25,27). The molecule has 0 saturated carbocycles. The van der Waals surface area contributed by atoms with Crippen molar-refractivity contribution in [2.45, 2.75) is 45.4 Å². The van der Waals surface area contributed by atoms with Crippen LogP contribution >= 0.6 is 0 Å². The molecule has 2 amide bonds. The fourth-order valence-corrected chi connectivity index (χ4v) is 3.63. The van der Waals surface area contributed by atoms with Crippen molar-refractivity contribution >= 4 is 11.8 Å². The first-order chi connectivity index (χ1) is 14.1. The average Bonchev–Trinajstić information content (AvgIpc) is 3.26. The van der Waals surface area contributed by atoms with Crippen LogP contribution in [0.3, 0.4) is 0 Å². The van der Waals surface area contributed by atoms with E-state index in [1.165, 1.54) is 0 Å². The first-order valence-corrected chi connectivity index (χ1v) is 10.3. The minimum Gasteiger partial charge on any atom is -0.376 e. The van der Waals surface area contributed by atoms with E-state index in [2.05, 4.69) is 5.32 Å². The van der Waals surface area contributed by atoms with Gasteiger partial charge < -0.3 is 15.0 Å². The van der Waals surface area contributed by atoms with E-state index < -0.39 is 6.04 Å². The van der Waals surface area contributed by atoms with Crippen LogP contribution in [0.15, 0.2) is 60.7 Å². The van der Waals surface area contributed by atoms with Crippen molar-refractivity contribution in [1.29, 1.82) is 0 Å². The number of amides is 2. The number of carbonyl (C=O) groups is 2. The van der Waals surface area contributed by atoms with Gasteiger partial charge in [-0.3, -0.25) is 9.59 Å². The third-order valence-electron chi connectivity index (χ3n) is 5.18. The Bertz CT molecular complexity index is 786. The van der Waals surface area contributed by atoms with Crippen molar-refractivity contribution in [3.05, 3.63) is 71.8 Å². The van der Waals surface area contributed by atoms with E-state index >= 15 is 0 Å². The maximum atomic E-state index is 13.3. The number of hydrogen-bond acceptors (Lipinski definition) is 3. The summed E-state index contributed by atoms with van der Waals surface area (Å²) in [6, 6.07) is 18.6. The van der Waals surface area contributed by atoms with Crippen molar-refractivity contribution in [1.82, 2.24) is 10.2 Å². The van der Waals surface area contributed by atoms with Crippen molar-refractivity contribution in [2.24, 2.45) is 5.92 Å². The van der Waals surface area contributed by atoms with E-state index in [0.717, 1.165) is 30.6 Å². The van der Waals surface area contributed by atoms with E-state index in [1.807, 2.05) is 74.5 Å². The first kappa shape index (κ1) is 21.1. The molecule has 1 aliphatic rings. The Morgan fingerprint density at radius 1 is 1.07 bits per heavy atom. The third kappa shape index (κ3) is 5.67. The maximum absolute atomic E-state index is 13.3. The maximum Gasteiger partial charge on any atom is 0.247 e. The van der Waals surface area contributed by atoms with Gasteiger partial charge in [0.25, 0.3) is 0 Å². The summed E-state index contributed by atoms with van der Waals surface area (Å²) in [5.41, 5.74) is 1.80. The molecule has 2 aromatic rings. The summed E-state index contributed by atoms with van der Waals surface area (Å²) >= 11 is 0. The van der Waals surface area contributed by atoms with Gasteiger partial charge in [-0.1, -0.05) is 74.5 Å². The Labute approximate surface area is 173 Å². The number of ether oxygens (including phenoxy) is 1. The zero-order valence-corrected chi connectivity index (χ0v) is 17.2. The molecular weight excluding hydrogens is 364 g/mol. The van der Waals surface area contributed by atoms with Crippen LogP contribution in [0, 0.1) is 5.92 Å². The van der Waals surface area contributed by atoms with Crippen LogP contribution in [0.25, 0.3) is 0 Å². The Balaban J connectivity index is 1.88. The van der Waals surface area contributed by atoms with Crippen molar-refractivity contribution < 1.29 is 14.3 Å². The van der Waals surface area contributed by atoms with Gasteiger partial charge >= 0.3 is 0 Å². The highest BCUT2D eigenvalue weighted by Gasteiger charge is 2.33. The molecule has 3 rings (SSSR count). The molecule has 2 atom stereocenters. The number of hydrogen-bond donors (Lipinski definition) is 1. The number of nitrogens with one attached hydrogen (secondary N) is 1. The molecule has 0 aromatic heterocycles. The Morgan fingerprint density at radius 2 is 1.72 bits per heavy atom. The topological polar surface area (TPSA) is 58.6 Å². The Morgan fingerprint density at radius 3 is 2.31 bits per heavy atom. The molecule has 29 heavy (non-hydrogen) atoms. The summed E-state index contributed by atoms with van der Waals surface area (Å²) in [5, 5.41) is 3.03. The van der Waals surface area contributed by atoms with Crippen molar-refractivity contribution in [3.8, 4) is 0 Å². The lowest BCUT2D eigenvalue weighted by Crippen LogP contribution is -2.46. The Hall–Kier alpha value is -2.66. The molecular formula is C24H30N2O3. The number of benzene rings is 2. The van der Waals surface area contributed by atoms with Gasteiger partial charge in [-0.25, -0.2) is 0 Å². The fourth-order valence-electron chi connectivity index (χ4n) is 3.63. The second-order valence-electron chi connectivity index (χ2n) is 7.80. The lowest BCUT2D eigenvalue weighted by Gasteiger charge is -2.33. The smallest absolute Gasteiger partial charge is 0.247 e. The van der Waals surface area contributed by atoms with E-state index in [9.17, 15) is 9.59 Å². The largest absolute Gasteiger partial charge is 0.376 e. The van der Waals surface area contributed by atoms with Crippen LogP contribution in [-0.2, 0) is 20.9 Å². The minimum atomic E-state index is -0.687. The van der Waals surface area contributed by atoms with E-state index in [4.69, 9.17) is 4.74 Å². The van der Waals surface area contributed by atoms with E-state index in [-0.39, 0.29) is 23.8 Å². The van der Waals surface area contributed by atoms with Gasteiger partial charge in [0.15, 0.2) is 0 Å². The monoisotopic (exact) mass is 394 g/mol. The third-order valence-corrected chi connectivity index (χ3v) is 5.18. The van der Waals surface area contributed by atoms with Crippen LogP contribution < -0.4 is 5.32 Å². The van der Waals surface area contributed by atoms with Gasteiger partial charge in [0.05, 0.1) is 6.10 Å². The zero-order chi connectivity index (χ0) is 20.6. The van der Waals surface area contributed by atoms with Gasteiger partial charge in [0.2, 0.25) is 11.8 Å². The van der Waals surface area contributed by atoms with Gasteiger partial charge in [0, 0.05) is 25.6 Å². The highest BCUT2D eigenvalue weighted by atomic mass is 16.5. The lowest BCUT2D eigenvalue weighted by atomic mass is 10.0. The quantitative estimate of drug-likeness (QED) is 0.743. The molecule has 1 saturated heterocycles. The van der Waals surface area contributed by atoms with Gasteiger partial charge in [0.1, 0.15) is 6.04 Å². The van der Waals surface area contributed by atoms with E-state index in [1.54, 1.807) is 4.90 Å². The normalized spacial score (nSPS) is 17.1. The lowest BCUT2D eigenvalue weighted by molar-refractivity contribution is -0.144. The van der Waals surface area contributed by atoms with Crippen molar-refractivity contribution in [3.63, 3.8) is 0 Å². The predicted octanol–water partition coefficient (Wildman–Crippen LogP) is 3.71. The molecule has 1 N–H and O–H groups in total. The summed E-state index contributed by atoms with van der Waals surface area (Å²) < 4.78 is 5.64. The second kappa shape index (κ2) is 10.2. The number of rotatable bonds is 8. The summed E-state index contributed by atoms with van der Waals surface area (Å²) in [4.78, 5) is 28.1. The van der Waals surface area contributed by atoms with Gasteiger partial charge in [-0.15, -0.1) is 0 Å². The Kier molecular flexibility index (Phi) is 7.42. The van der Waals surface area contributed by atoms with E-state index in [0.29, 0.717) is 13.1 Å². The molecule has 0 aliphatic carbocycles. The molecule has 1 fully saturated rings. The minimum absolute atomic E-state index is 0.0463. The van der Waals surface area contributed by atoms with Crippen LogP contribution in [0.4, 0.5) is 0 Å². The first-order valence-electron chi connectivity index (χ1n) is 10.3. The predicted molar refractivity (Wildman–Crippen MR) is 113 cm³/mol. The van der Waals surface area contributed by atoms with Crippen LogP contribution in [0.5, 0.6) is 0 Å². The number of nitrogens with zero attached hydrogens (tertiary/aromatic N) is 1.